The van der Waals surface area contributed by atoms with E-state index in [9.17, 15) is 4.79 Å². The van der Waals surface area contributed by atoms with E-state index in [1.807, 2.05) is 0 Å². The number of hydrogen-bond donors (Lipinski definition) is 2. The van der Waals surface area contributed by atoms with Crippen molar-refractivity contribution in [3.63, 3.8) is 0 Å². The topological polar surface area (TPSA) is 78.3 Å². The highest BCUT2D eigenvalue weighted by molar-refractivity contribution is 5.96. The number of hydrogen-bond acceptors (Lipinski definition) is 4. The summed E-state index contributed by atoms with van der Waals surface area (Å²) >= 11 is 0. The predicted molar refractivity (Wildman–Crippen MR) is 78.1 cm³/mol. The molecule has 0 saturated carbocycles. The van der Waals surface area contributed by atoms with Crippen LogP contribution in [0, 0.1) is 0 Å². The van der Waals surface area contributed by atoms with Crippen molar-refractivity contribution in [1.29, 1.82) is 0 Å². The Bertz CT molecular complexity index is 344. The molecule has 0 amide bonds. The zero-order valence-electron chi connectivity index (χ0n) is 10.3. The SMILES string of the molecule is COc1ccc(C(=O)CCC(N)CN)cc1.Cl.Cl. The summed E-state index contributed by atoms with van der Waals surface area (Å²) in [4.78, 5) is 11.7. The Morgan fingerprint density at radius 3 is 2.28 bits per heavy atom. The van der Waals surface area contributed by atoms with Gasteiger partial charge in [0.25, 0.3) is 0 Å². The highest BCUT2D eigenvalue weighted by atomic mass is 35.5. The monoisotopic (exact) mass is 294 g/mol. The van der Waals surface area contributed by atoms with E-state index in [1.54, 1.807) is 31.4 Å². The maximum absolute atomic E-state index is 11.7. The number of halogens is 2. The fourth-order valence-electron chi connectivity index (χ4n) is 1.36. The van der Waals surface area contributed by atoms with Crippen LogP contribution in [0.1, 0.15) is 23.2 Å². The van der Waals surface area contributed by atoms with Crippen molar-refractivity contribution in [3.8, 4) is 5.75 Å². The van der Waals surface area contributed by atoms with Crippen molar-refractivity contribution in [2.24, 2.45) is 11.5 Å². The van der Waals surface area contributed by atoms with Gasteiger partial charge in [0.1, 0.15) is 5.75 Å². The Labute approximate surface area is 120 Å². The van der Waals surface area contributed by atoms with Gasteiger partial charge in [0.15, 0.2) is 5.78 Å². The van der Waals surface area contributed by atoms with Crippen molar-refractivity contribution in [2.45, 2.75) is 18.9 Å². The molecule has 0 aliphatic rings. The number of ketones is 1. The summed E-state index contributed by atoms with van der Waals surface area (Å²) in [5, 5.41) is 0. The molecule has 0 radical (unpaired) electrons. The van der Waals surface area contributed by atoms with Crippen LogP contribution in [-0.4, -0.2) is 25.5 Å². The Balaban J connectivity index is 0. The number of carbonyl (C=O) groups excluding carboxylic acids is 1. The lowest BCUT2D eigenvalue weighted by Gasteiger charge is -2.07. The highest BCUT2D eigenvalue weighted by Gasteiger charge is 2.08. The van der Waals surface area contributed by atoms with Gasteiger partial charge in [-0.15, -0.1) is 24.8 Å². The largest absolute Gasteiger partial charge is 0.497 e. The molecule has 4 N–H and O–H groups in total. The number of carbonyl (C=O) groups is 1. The van der Waals surface area contributed by atoms with Crippen LogP contribution in [0.5, 0.6) is 5.75 Å². The molecule has 6 heteroatoms. The molecule has 0 spiro atoms. The molecule has 0 aliphatic heterocycles. The first-order chi connectivity index (χ1) is 7.67. The molecule has 0 fully saturated rings. The van der Waals surface area contributed by atoms with Crippen LogP contribution >= 0.6 is 24.8 Å². The van der Waals surface area contributed by atoms with Crippen molar-refractivity contribution in [2.75, 3.05) is 13.7 Å². The van der Waals surface area contributed by atoms with Gasteiger partial charge in [0.2, 0.25) is 0 Å². The molecule has 0 bridgehead atoms. The number of benzene rings is 1. The summed E-state index contributed by atoms with van der Waals surface area (Å²) in [7, 11) is 1.59. The fourth-order valence-corrected chi connectivity index (χ4v) is 1.36. The quantitative estimate of drug-likeness (QED) is 0.784. The summed E-state index contributed by atoms with van der Waals surface area (Å²) in [5.41, 5.74) is 11.7. The van der Waals surface area contributed by atoms with Gasteiger partial charge < -0.3 is 16.2 Å². The van der Waals surface area contributed by atoms with Crippen LogP contribution in [0.4, 0.5) is 0 Å². The molecular weight excluding hydrogens is 275 g/mol. The molecular formula is C12H20Cl2N2O2. The molecule has 0 aromatic heterocycles. The third-order valence-corrected chi connectivity index (χ3v) is 2.46. The van der Waals surface area contributed by atoms with Gasteiger partial charge in [-0.05, 0) is 30.7 Å². The lowest BCUT2D eigenvalue weighted by Crippen LogP contribution is -2.30. The molecule has 4 nitrogen and oxygen atoms in total. The Kier molecular flexibility index (Phi) is 11.0. The Morgan fingerprint density at radius 2 is 1.83 bits per heavy atom. The second-order valence-electron chi connectivity index (χ2n) is 3.69. The van der Waals surface area contributed by atoms with E-state index in [0.717, 1.165) is 5.75 Å². The molecule has 0 aliphatic carbocycles. The van der Waals surface area contributed by atoms with Crippen molar-refractivity contribution in [1.82, 2.24) is 0 Å². The van der Waals surface area contributed by atoms with E-state index in [2.05, 4.69) is 0 Å². The summed E-state index contributed by atoms with van der Waals surface area (Å²) in [6.07, 6.45) is 1.06. The standard InChI is InChI=1S/C12H18N2O2.2ClH/c1-16-11-5-2-9(3-6-11)12(15)7-4-10(14)8-13;;/h2-3,5-6,10H,4,7-8,13-14H2,1H3;2*1H. The first kappa shape index (κ1) is 19.5. The molecule has 1 atom stereocenters. The summed E-state index contributed by atoms with van der Waals surface area (Å²) < 4.78 is 5.02. The smallest absolute Gasteiger partial charge is 0.162 e. The average molecular weight is 295 g/mol. The van der Waals surface area contributed by atoms with Gasteiger partial charge in [0, 0.05) is 24.6 Å². The molecule has 0 heterocycles. The van der Waals surface area contributed by atoms with Crippen LogP contribution in [0.3, 0.4) is 0 Å². The molecule has 18 heavy (non-hydrogen) atoms. The minimum atomic E-state index is -0.0952. The van der Waals surface area contributed by atoms with Crippen LogP contribution in [-0.2, 0) is 0 Å². The molecule has 104 valence electrons. The summed E-state index contributed by atoms with van der Waals surface area (Å²) in [6.45, 7) is 0.413. The van der Waals surface area contributed by atoms with E-state index in [4.69, 9.17) is 16.2 Å². The second kappa shape index (κ2) is 10.1. The molecule has 1 rings (SSSR count). The fraction of sp³-hybridized carbons (Fsp3) is 0.417. The Morgan fingerprint density at radius 1 is 1.28 bits per heavy atom. The van der Waals surface area contributed by atoms with E-state index >= 15 is 0 Å². The van der Waals surface area contributed by atoms with Gasteiger partial charge in [-0.25, -0.2) is 0 Å². The third kappa shape index (κ3) is 6.21. The maximum Gasteiger partial charge on any atom is 0.162 e. The second-order valence-corrected chi connectivity index (χ2v) is 3.69. The first-order valence-electron chi connectivity index (χ1n) is 5.30. The van der Waals surface area contributed by atoms with Crippen LogP contribution < -0.4 is 16.2 Å². The van der Waals surface area contributed by atoms with E-state index in [-0.39, 0.29) is 36.6 Å². The lowest BCUT2D eigenvalue weighted by atomic mass is 10.0. The lowest BCUT2D eigenvalue weighted by molar-refractivity contribution is 0.0977. The van der Waals surface area contributed by atoms with Gasteiger partial charge in [-0.3, -0.25) is 4.79 Å². The molecule has 0 saturated heterocycles. The highest BCUT2D eigenvalue weighted by Crippen LogP contribution is 2.13. The van der Waals surface area contributed by atoms with Gasteiger partial charge >= 0.3 is 0 Å². The number of methoxy groups -OCH3 is 1. The predicted octanol–water partition coefficient (Wildman–Crippen LogP) is 1.79. The van der Waals surface area contributed by atoms with Gasteiger partial charge in [-0.2, -0.15) is 0 Å². The molecule has 1 unspecified atom stereocenters. The van der Waals surface area contributed by atoms with Crippen LogP contribution in [0.15, 0.2) is 24.3 Å². The zero-order chi connectivity index (χ0) is 12.0. The third-order valence-electron chi connectivity index (χ3n) is 2.46. The van der Waals surface area contributed by atoms with E-state index in [0.29, 0.717) is 24.9 Å². The number of ether oxygens (including phenoxy) is 1. The van der Waals surface area contributed by atoms with E-state index < -0.39 is 0 Å². The summed E-state index contributed by atoms with van der Waals surface area (Å²) in [5.74, 6) is 0.835. The minimum Gasteiger partial charge on any atom is -0.497 e. The van der Waals surface area contributed by atoms with Gasteiger partial charge in [-0.1, -0.05) is 0 Å². The van der Waals surface area contributed by atoms with Crippen molar-refractivity contribution >= 4 is 30.6 Å². The average Bonchev–Trinajstić information content (AvgIpc) is 2.35. The number of Topliss-reactive ketones (excluding diaryl/α,β-unsaturated/α-hetero) is 1. The van der Waals surface area contributed by atoms with Crippen LogP contribution in [0.2, 0.25) is 0 Å². The molecule has 1 aromatic carbocycles. The Hall–Kier alpha value is -0.810. The molecule has 1 aromatic rings. The van der Waals surface area contributed by atoms with E-state index in [1.165, 1.54) is 0 Å². The first-order valence-corrected chi connectivity index (χ1v) is 5.30. The summed E-state index contributed by atoms with van der Waals surface area (Å²) in [6, 6.07) is 6.97. The van der Waals surface area contributed by atoms with Crippen molar-refractivity contribution < 1.29 is 9.53 Å². The number of rotatable bonds is 6. The van der Waals surface area contributed by atoms with Crippen molar-refractivity contribution in [3.05, 3.63) is 29.8 Å². The number of nitrogens with two attached hydrogens (primary N) is 2. The van der Waals surface area contributed by atoms with Crippen LogP contribution in [0.25, 0.3) is 0 Å². The maximum atomic E-state index is 11.7. The zero-order valence-corrected chi connectivity index (χ0v) is 11.9. The van der Waals surface area contributed by atoms with Gasteiger partial charge in [0.05, 0.1) is 7.11 Å². The normalized spacial score (nSPS) is 10.8. The minimum absolute atomic E-state index is 0.